The van der Waals surface area contributed by atoms with E-state index in [-0.39, 0.29) is 53.9 Å². The molecule has 0 fully saturated rings. The number of allylic oxidation sites excluding steroid dienone is 4. The molecule has 7 nitrogen and oxygen atoms in total. The van der Waals surface area contributed by atoms with Gasteiger partial charge in [0, 0.05) is 0 Å². The van der Waals surface area contributed by atoms with Crippen LogP contribution in [0.3, 0.4) is 0 Å². The third kappa shape index (κ3) is 13.1. The van der Waals surface area contributed by atoms with Crippen molar-refractivity contribution in [2.24, 2.45) is 0 Å². The summed E-state index contributed by atoms with van der Waals surface area (Å²) < 4.78 is 44.5. The first kappa shape index (κ1) is 31.6. The Morgan fingerprint density at radius 2 is 1.30 bits per heavy atom. The molecule has 0 amide bonds. The largest absolute Gasteiger partial charge is 1.00 e. The van der Waals surface area contributed by atoms with Gasteiger partial charge >= 0.3 is 41.5 Å². The fourth-order valence-electron chi connectivity index (χ4n) is 2.93. The van der Waals surface area contributed by atoms with Crippen molar-refractivity contribution in [2.75, 3.05) is 13.2 Å². The normalized spacial score (nSPS) is 11.5. The van der Waals surface area contributed by atoms with Gasteiger partial charge in [-0.2, -0.15) is 0 Å². The number of hydrogen-bond acceptors (Lipinski definition) is 7. The van der Waals surface area contributed by atoms with Crippen molar-refractivity contribution in [3.05, 3.63) is 53.6 Å². The van der Waals surface area contributed by atoms with E-state index in [1.54, 1.807) is 0 Å². The van der Waals surface area contributed by atoms with E-state index >= 15 is 0 Å². The van der Waals surface area contributed by atoms with E-state index in [0.29, 0.717) is 12.8 Å². The van der Waals surface area contributed by atoms with E-state index < -0.39 is 27.0 Å². The molecule has 0 heterocycles. The van der Waals surface area contributed by atoms with Crippen molar-refractivity contribution in [1.82, 2.24) is 0 Å². The van der Waals surface area contributed by atoms with Gasteiger partial charge in [-0.3, -0.25) is 0 Å². The minimum atomic E-state index is -4.79. The Kier molecular flexibility index (Phi) is 17.2. The van der Waals surface area contributed by atoms with Crippen molar-refractivity contribution < 1.29 is 61.6 Å². The van der Waals surface area contributed by atoms with Gasteiger partial charge in [-0.15, -0.1) is 0 Å². The predicted octanol–water partition coefficient (Wildman–Crippen LogP) is 2.18. The average Bonchev–Trinajstić information content (AvgIpc) is 2.76. The number of ether oxygens (including phenoxy) is 2. The fourth-order valence-corrected chi connectivity index (χ4v) is 3.42. The van der Waals surface area contributed by atoms with Crippen molar-refractivity contribution in [1.29, 1.82) is 0 Å². The number of hydrogen-bond donors (Lipinski definition) is 0. The van der Waals surface area contributed by atoms with Crippen LogP contribution in [0, 0.1) is 0 Å². The van der Waals surface area contributed by atoms with E-state index in [9.17, 15) is 22.6 Å². The standard InChI is InChI=1S/C24H34O7S.Na/c1-3-5-7-9-11-13-17-30-23(25)21-16-15-20(32(27,28)29)19-22(21)24(26)31-18-14-12-10-8-6-4-2;/h3-6,15-16,19H,7-14,17-18H2,1-2H3,(H,27,28,29);/q;+1/p-1/b5-3+,6-4+;. The van der Waals surface area contributed by atoms with Gasteiger partial charge in [-0.1, -0.05) is 24.3 Å². The van der Waals surface area contributed by atoms with Crippen LogP contribution in [0.4, 0.5) is 0 Å². The van der Waals surface area contributed by atoms with Gasteiger partial charge in [0.2, 0.25) is 0 Å². The van der Waals surface area contributed by atoms with Crippen LogP contribution in [-0.2, 0) is 19.6 Å². The summed E-state index contributed by atoms with van der Waals surface area (Å²) >= 11 is 0. The van der Waals surface area contributed by atoms with Gasteiger partial charge in [0.15, 0.2) is 0 Å². The van der Waals surface area contributed by atoms with Crippen LogP contribution in [0.5, 0.6) is 0 Å². The molecular weight excluding hydrogens is 455 g/mol. The predicted molar refractivity (Wildman–Crippen MR) is 122 cm³/mol. The number of rotatable bonds is 15. The van der Waals surface area contributed by atoms with E-state index in [4.69, 9.17) is 9.47 Å². The van der Waals surface area contributed by atoms with Crippen LogP contribution in [0.15, 0.2) is 47.4 Å². The molecule has 0 aliphatic carbocycles. The van der Waals surface area contributed by atoms with Crippen molar-refractivity contribution in [3.8, 4) is 0 Å². The van der Waals surface area contributed by atoms with Crippen LogP contribution in [0.2, 0.25) is 0 Å². The number of esters is 2. The molecule has 0 atom stereocenters. The van der Waals surface area contributed by atoms with Crippen LogP contribution >= 0.6 is 0 Å². The van der Waals surface area contributed by atoms with E-state index in [2.05, 4.69) is 12.2 Å². The topological polar surface area (TPSA) is 110 Å². The summed E-state index contributed by atoms with van der Waals surface area (Å²) in [6.45, 7) is 4.21. The summed E-state index contributed by atoms with van der Waals surface area (Å²) in [4.78, 5) is 24.4. The first-order chi connectivity index (χ1) is 15.3. The molecule has 0 saturated carbocycles. The minimum absolute atomic E-state index is 0. The van der Waals surface area contributed by atoms with E-state index in [0.717, 1.165) is 56.7 Å². The molecule has 0 radical (unpaired) electrons. The van der Waals surface area contributed by atoms with Crippen LogP contribution in [0.1, 0.15) is 85.9 Å². The first-order valence-corrected chi connectivity index (χ1v) is 12.4. The molecule has 0 aliphatic rings. The second-order valence-corrected chi connectivity index (χ2v) is 8.65. The Labute approximate surface area is 219 Å². The molecule has 0 aliphatic heterocycles. The van der Waals surface area contributed by atoms with Gasteiger partial charge in [-0.05, 0) is 83.4 Å². The molecule has 0 N–H and O–H groups in total. The quantitative estimate of drug-likeness (QED) is 0.122. The van der Waals surface area contributed by atoms with E-state index in [1.165, 1.54) is 0 Å². The first-order valence-electron chi connectivity index (χ1n) is 11.0. The summed E-state index contributed by atoms with van der Waals surface area (Å²) in [6.07, 6.45) is 15.0. The van der Waals surface area contributed by atoms with Crippen molar-refractivity contribution in [3.63, 3.8) is 0 Å². The summed E-state index contributed by atoms with van der Waals surface area (Å²) in [6, 6.07) is 2.99. The van der Waals surface area contributed by atoms with Gasteiger partial charge in [-0.25, -0.2) is 18.0 Å². The molecule has 1 aromatic carbocycles. The zero-order valence-electron chi connectivity index (χ0n) is 19.9. The Morgan fingerprint density at radius 1 is 0.818 bits per heavy atom. The molecule has 0 unspecified atom stereocenters. The number of benzene rings is 1. The van der Waals surface area contributed by atoms with Crippen molar-refractivity contribution >= 4 is 22.1 Å². The Balaban J connectivity index is 0.0000102. The second-order valence-electron chi connectivity index (χ2n) is 7.27. The number of unbranched alkanes of at least 4 members (excludes halogenated alkanes) is 6. The summed E-state index contributed by atoms with van der Waals surface area (Å²) in [5.41, 5.74) is -0.404. The van der Waals surface area contributed by atoms with Gasteiger partial charge in [0.1, 0.15) is 10.1 Å². The second kappa shape index (κ2) is 18.0. The molecular formula is C24H33NaO7S. The molecule has 1 rings (SSSR count). The molecule has 9 heteroatoms. The molecule has 0 spiro atoms. The molecule has 178 valence electrons. The average molecular weight is 489 g/mol. The maximum Gasteiger partial charge on any atom is 1.00 e. The SMILES string of the molecule is C/C=C/CCCCCOC(=O)c1ccc(S(=O)(=O)[O-])cc1C(=O)OCCCCC/C=C/C.[Na+]. The van der Waals surface area contributed by atoms with Gasteiger partial charge in [0.25, 0.3) is 0 Å². The zero-order valence-corrected chi connectivity index (χ0v) is 22.7. The van der Waals surface area contributed by atoms with Crippen molar-refractivity contribution in [2.45, 2.75) is 70.1 Å². The molecule has 0 saturated heterocycles. The maximum atomic E-state index is 12.5. The minimum Gasteiger partial charge on any atom is -0.744 e. The Hall–Kier alpha value is -1.45. The van der Waals surface area contributed by atoms with Crippen LogP contribution in [0.25, 0.3) is 0 Å². The smallest absolute Gasteiger partial charge is 0.744 e. The van der Waals surface area contributed by atoms with Crippen LogP contribution in [-0.4, -0.2) is 38.1 Å². The summed E-state index contributed by atoms with van der Waals surface area (Å²) in [5.74, 6) is -1.62. The summed E-state index contributed by atoms with van der Waals surface area (Å²) in [5, 5.41) is 0. The van der Waals surface area contributed by atoms with Crippen LogP contribution < -0.4 is 29.6 Å². The molecule has 33 heavy (non-hydrogen) atoms. The fraction of sp³-hybridized carbons (Fsp3) is 0.500. The van der Waals surface area contributed by atoms with Gasteiger partial charge < -0.3 is 14.0 Å². The number of carbonyl (C=O) groups excluding carboxylic acids is 2. The number of carbonyl (C=O) groups is 2. The Bertz CT molecular complexity index is 892. The molecule has 0 aromatic heterocycles. The third-order valence-electron chi connectivity index (χ3n) is 4.69. The monoisotopic (exact) mass is 488 g/mol. The maximum absolute atomic E-state index is 12.5. The van der Waals surface area contributed by atoms with Gasteiger partial charge in [0.05, 0.1) is 29.2 Å². The zero-order chi connectivity index (χ0) is 23.8. The summed E-state index contributed by atoms with van der Waals surface area (Å²) in [7, 11) is -4.79. The third-order valence-corrected chi connectivity index (χ3v) is 5.52. The molecule has 1 aromatic rings. The molecule has 0 bridgehead atoms. The Morgan fingerprint density at radius 3 is 1.76 bits per heavy atom. The van der Waals surface area contributed by atoms with E-state index in [1.807, 2.05) is 26.0 Å².